The van der Waals surface area contributed by atoms with Gasteiger partial charge in [0.2, 0.25) is 5.67 Å². The van der Waals surface area contributed by atoms with E-state index in [9.17, 15) is 18.7 Å². The van der Waals surface area contributed by atoms with Gasteiger partial charge in [0, 0.05) is 17.1 Å². The number of aliphatic hydroxyl groups is 1. The molecule has 3 rings (SSSR count). The summed E-state index contributed by atoms with van der Waals surface area (Å²) in [5.74, 6) is -2.32. The zero-order valence-electron chi connectivity index (χ0n) is 12.9. The van der Waals surface area contributed by atoms with E-state index in [-0.39, 0.29) is 35.7 Å². The molecule has 8 heteroatoms. The lowest BCUT2D eigenvalue weighted by Crippen LogP contribution is -2.44. The van der Waals surface area contributed by atoms with E-state index >= 15 is 4.39 Å². The Morgan fingerprint density at radius 3 is 2.84 bits per heavy atom. The molecule has 25 heavy (non-hydrogen) atoms. The number of carbonyl (C=O) groups is 1. The molecule has 0 saturated carbocycles. The first-order valence-electron chi connectivity index (χ1n) is 7.56. The standard InChI is InChI=1S/C17H14ClF3N2O2/c18-13-6-10(19)2-1-9(13)7-23-16(25)17(21)4-3-14(24)15-12(17)5-11(20)8-22-15/h1-2,5-6,8,14,24H,3-4,7H2,(H,23,25)/t14-,17-/m0/s1. The molecule has 1 aromatic heterocycles. The van der Waals surface area contributed by atoms with Crippen molar-refractivity contribution in [3.8, 4) is 0 Å². The maximum Gasteiger partial charge on any atom is 0.262 e. The minimum absolute atomic E-state index is 0.0210. The summed E-state index contributed by atoms with van der Waals surface area (Å²) >= 11 is 5.88. The molecule has 0 aliphatic heterocycles. The van der Waals surface area contributed by atoms with Crippen molar-refractivity contribution in [2.24, 2.45) is 0 Å². The number of nitrogens with one attached hydrogen (secondary N) is 1. The third-order valence-corrected chi connectivity index (χ3v) is 4.56. The fraction of sp³-hybridized carbons (Fsp3) is 0.294. The summed E-state index contributed by atoms with van der Waals surface area (Å²) in [6, 6.07) is 4.50. The average Bonchev–Trinajstić information content (AvgIpc) is 2.57. The van der Waals surface area contributed by atoms with Crippen LogP contribution in [0.15, 0.2) is 30.5 Å². The molecule has 0 radical (unpaired) electrons. The first-order valence-corrected chi connectivity index (χ1v) is 7.94. The maximum absolute atomic E-state index is 15.4. The fourth-order valence-electron chi connectivity index (χ4n) is 2.86. The smallest absolute Gasteiger partial charge is 0.262 e. The molecule has 0 bridgehead atoms. The van der Waals surface area contributed by atoms with Crippen LogP contribution in [0.25, 0.3) is 0 Å². The normalized spacial score (nSPS) is 22.4. The summed E-state index contributed by atoms with van der Waals surface area (Å²) in [5.41, 5.74) is -2.44. The van der Waals surface area contributed by atoms with Crippen LogP contribution in [-0.2, 0) is 17.0 Å². The number of halogens is 4. The Morgan fingerprint density at radius 2 is 2.12 bits per heavy atom. The second-order valence-corrected chi connectivity index (χ2v) is 6.27. The van der Waals surface area contributed by atoms with Gasteiger partial charge in [-0.05, 0) is 36.6 Å². The van der Waals surface area contributed by atoms with Gasteiger partial charge in [0.1, 0.15) is 11.6 Å². The number of amides is 1. The Hall–Kier alpha value is -2.12. The lowest BCUT2D eigenvalue weighted by Gasteiger charge is -2.32. The van der Waals surface area contributed by atoms with Crippen molar-refractivity contribution in [2.45, 2.75) is 31.2 Å². The van der Waals surface area contributed by atoms with Gasteiger partial charge in [0.05, 0.1) is 18.0 Å². The summed E-state index contributed by atoms with van der Waals surface area (Å²) in [6.45, 7) is -0.121. The average molecular weight is 371 g/mol. The molecule has 0 fully saturated rings. The van der Waals surface area contributed by atoms with Crippen LogP contribution in [0.2, 0.25) is 5.02 Å². The summed E-state index contributed by atoms with van der Waals surface area (Å²) in [5, 5.41) is 12.4. The van der Waals surface area contributed by atoms with Crippen molar-refractivity contribution in [2.75, 3.05) is 0 Å². The van der Waals surface area contributed by atoms with Crippen molar-refractivity contribution >= 4 is 17.5 Å². The summed E-state index contributed by atoms with van der Waals surface area (Å²) in [4.78, 5) is 16.1. The number of benzene rings is 1. The largest absolute Gasteiger partial charge is 0.387 e. The molecule has 0 spiro atoms. The van der Waals surface area contributed by atoms with Gasteiger partial charge in [0.15, 0.2) is 0 Å². The predicted molar refractivity (Wildman–Crippen MR) is 84.4 cm³/mol. The van der Waals surface area contributed by atoms with Crippen molar-refractivity contribution in [1.82, 2.24) is 10.3 Å². The molecule has 4 nitrogen and oxygen atoms in total. The summed E-state index contributed by atoms with van der Waals surface area (Å²) < 4.78 is 41.9. The molecule has 0 unspecified atom stereocenters. The highest BCUT2D eigenvalue weighted by atomic mass is 35.5. The Balaban J connectivity index is 1.84. The molecular weight excluding hydrogens is 357 g/mol. The molecule has 2 atom stereocenters. The van der Waals surface area contributed by atoms with Gasteiger partial charge in [-0.15, -0.1) is 0 Å². The third kappa shape index (κ3) is 3.34. The van der Waals surface area contributed by atoms with Crippen molar-refractivity contribution < 1.29 is 23.1 Å². The molecule has 132 valence electrons. The van der Waals surface area contributed by atoms with E-state index in [1.165, 1.54) is 12.1 Å². The highest BCUT2D eigenvalue weighted by molar-refractivity contribution is 6.31. The monoisotopic (exact) mass is 370 g/mol. The number of nitrogens with zero attached hydrogens (tertiary/aromatic N) is 1. The van der Waals surface area contributed by atoms with Gasteiger partial charge in [-0.3, -0.25) is 9.78 Å². The van der Waals surface area contributed by atoms with Crippen molar-refractivity contribution in [3.63, 3.8) is 0 Å². The van der Waals surface area contributed by atoms with Gasteiger partial charge >= 0.3 is 0 Å². The van der Waals surface area contributed by atoms with E-state index in [4.69, 9.17) is 11.6 Å². The van der Waals surface area contributed by atoms with Crippen molar-refractivity contribution in [3.05, 3.63) is 63.9 Å². The fourth-order valence-corrected chi connectivity index (χ4v) is 3.09. The molecule has 2 N–H and O–H groups in total. The third-order valence-electron chi connectivity index (χ3n) is 4.20. The Morgan fingerprint density at radius 1 is 1.36 bits per heavy atom. The van der Waals surface area contributed by atoms with E-state index in [0.717, 1.165) is 18.3 Å². The van der Waals surface area contributed by atoms with E-state index in [2.05, 4.69) is 10.3 Å². The van der Waals surface area contributed by atoms with Gasteiger partial charge < -0.3 is 10.4 Å². The number of aromatic nitrogens is 1. The van der Waals surface area contributed by atoms with Crippen LogP contribution in [0, 0.1) is 11.6 Å². The topological polar surface area (TPSA) is 62.2 Å². The number of hydrogen-bond donors (Lipinski definition) is 2. The lowest BCUT2D eigenvalue weighted by molar-refractivity contribution is -0.135. The first kappa shape index (κ1) is 17.7. The van der Waals surface area contributed by atoms with Crippen molar-refractivity contribution in [1.29, 1.82) is 0 Å². The number of carbonyl (C=O) groups excluding carboxylic acids is 1. The van der Waals surface area contributed by atoms with E-state index < -0.39 is 29.3 Å². The van der Waals surface area contributed by atoms with Gasteiger partial charge in [-0.1, -0.05) is 17.7 Å². The van der Waals surface area contributed by atoms with Crippen LogP contribution in [-0.4, -0.2) is 16.0 Å². The SMILES string of the molecule is O=C(NCc1ccc(F)cc1Cl)[C@]1(F)CC[C@H](O)c2ncc(F)cc21. The molecule has 1 aromatic carbocycles. The van der Waals surface area contributed by atoms with Crippen LogP contribution in [0.3, 0.4) is 0 Å². The van der Waals surface area contributed by atoms with Crippen LogP contribution in [0.1, 0.15) is 35.8 Å². The quantitative estimate of drug-likeness (QED) is 0.871. The van der Waals surface area contributed by atoms with E-state index in [0.29, 0.717) is 5.56 Å². The highest BCUT2D eigenvalue weighted by Gasteiger charge is 2.47. The molecular formula is C17H14ClF3N2O2. The van der Waals surface area contributed by atoms with Crippen LogP contribution in [0.4, 0.5) is 13.2 Å². The van der Waals surface area contributed by atoms with Crippen LogP contribution in [0.5, 0.6) is 0 Å². The van der Waals surface area contributed by atoms with Gasteiger partial charge in [-0.25, -0.2) is 13.2 Å². The number of rotatable bonds is 3. The second kappa shape index (κ2) is 6.65. The van der Waals surface area contributed by atoms with E-state index in [1.807, 2.05) is 0 Å². The Labute approximate surface area is 146 Å². The summed E-state index contributed by atoms with van der Waals surface area (Å²) in [6.07, 6.45) is -0.523. The van der Waals surface area contributed by atoms with Crippen LogP contribution >= 0.6 is 11.6 Å². The molecule has 1 aliphatic rings. The van der Waals surface area contributed by atoms with Gasteiger partial charge in [0.25, 0.3) is 5.91 Å². The van der Waals surface area contributed by atoms with Gasteiger partial charge in [-0.2, -0.15) is 0 Å². The maximum atomic E-state index is 15.4. The zero-order valence-corrected chi connectivity index (χ0v) is 13.7. The predicted octanol–water partition coefficient (Wildman–Crippen LogP) is 3.32. The summed E-state index contributed by atoms with van der Waals surface area (Å²) in [7, 11) is 0. The van der Waals surface area contributed by atoms with Crippen LogP contribution < -0.4 is 5.32 Å². The highest BCUT2D eigenvalue weighted by Crippen LogP contribution is 2.42. The number of alkyl halides is 1. The number of aliphatic hydroxyl groups excluding tert-OH is 1. The zero-order chi connectivity index (χ0) is 18.2. The molecule has 1 heterocycles. The molecule has 1 amide bonds. The number of hydrogen-bond acceptors (Lipinski definition) is 3. The molecule has 0 saturated heterocycles. The minimum atomic E-state index is -2.52. The number of fused-ring (bicyclic) bond motifs is 1. The second-order valence-electron chi connectivity index (χ2n) is 5.86. The molecule has 2 aromatic rings. The first-order chi connectivity index (χ1) is 11.8. The lowest BCUT2D eigenvalue weighted by atomic mass is 9.81. The Bertz CT molecular complexity index is 834. The number of pyridine rings is 1. The van der Waals surface area contributed by atoms with E-state index in [1.54, 1.807) is 0 Å². The minimum Gasteiger partial charge on any atom is -0.387 e. The molecule has 1 aliphatic carbocycles. The Kier molecular flexibility index (Phi) is 4.71.